The van der Waals surface area contributed by atoms with Crippen molar-refractivity contribution in [3.05, 3.63) is 0 Å². The summed E-state index contributed by atoms with van der Waals surface area (Å²) in [6.45, 7) is 3.26. The molecular weight excluding hydrogens is 304 g/mol. The lowest BCUT2D eigenvalue weighted by Crippen LogP contribution is -2.38. The molecule has 0 radical (unpaired) electrons. The molecule has 0 saturated carbocycles. The van der Waals surface area contributed by atoms with E-state index < -0.39 is 10.7 Å². The first kappa shape index (κ1) is 15.0. The lowest BCUT2D eigenvalue weighted by molar-refractivity contribution is -0.432. The Bertz CT molecular complexity index is 453. The van der Waals surface area contributed by atoms with Gasteiger partial charge in [0.15, 0.2) is 0 Å². The van der Waals surface area contributed by atoms with Gasteiger partial charge in [-0.15, -0.1) is 4.33 Å². The van der Waals surface area contributed by atoms with Crippen LogP contribution in [0.5, 0.6) is 0 Å². The molecule has 3 rings (SSSR count). The summed E-state index contributed by atoms with van der Waals surface area (Å²) < 4.78 is 19.5. The molecule has 5 unspecified atom stereocenters. The van der Waals surface area contributed by atoms with Gasteiger partial charge in [0, 0.05) is 0 Å². The summed E-state index contributed by atoms with van der Waals surface area (Å²) in [6, 6.07) is 0. The van der Waals surface area contributed by atoms with Gasteiger partial charge in [-0.1, -0.05) is 5.04 Å². The van der Waals surface area contributed by atoms with Crippen molar-refractivity contribution < 1.29 is 38.4 Å². The molecule has 0 aromatic carbocycles. The van der Waals surface area contributed by atoms with Crippen LogP contribution in [0, 0.1) is 11.8 Å². The zero-order chi connectivity index (χ0) is 15.2. The van der Waals surface area contributed by atoms with Crippen molar-refractivity contribution in [1.29, 1.82) is 0 Å². The maximum atomic E-state index is 12.0. The normalized spacial score (nSPS) is 36.9. The zero-order valence-electron chi connectivity index (χ0n) is 11.5. The molecule has 3 aliphatic rings. The quantitative estimate of drug-likeness (QED) is 0.328. The van der Waals surface area contributed by atoms with Gasteiger partial charge in [-0.2, -0.15) is 0 Å². The summed E-state index contributed by atoms with van der Waals surface area (Å²) in [7, 11) is 0. The van der Waals surface area contributed by atoms with E-state index in [1.165, 1.54) is 0 Å². The first-order valence-electron chi connectivity index (χ1n) is 6.63. The average Bonchev–Trinajstić information content (AvgIpc) is 3.05. The second-order valence-electron chi connectivity index (χ2n) is 5.88. The molecule has 118 valence electrons. The van der Waals surface area contributed by atoms with Gasteiger partial charge in [-0.25, -0.2) is 5.26 Å². The molecule has 3 fully saturated rings. The van der Waals surface area contributed by atoms with Crippen molar-refractivity contribution in [3.63, 3.8) is 0 Å². The van der Waals surface area contributed by atoms with E-state index in [-0.39, 0.29) is 42.7 Å². The lowest BCUT2D eigenvalue weighted by atomic mass is 9.83. The minimum atomic E-state index is -1.05. The average molecular weight is 320 g/mol. The number of ether oxygens (including phenoxy) is 3. The van der Waals surface area contributed by atoms with Crippen LogP contribution in [-0.4, -0.2) is 46.9 Å². The molecule has 3 heterocycles. The molecule has 5 atom stereocenters. The van der Waals surface area contributed by atoms with E-state index in [0.717, 1.165) is 0 Å². The minimum Gasteiger partial charge on any atom is -0.464 e. The molecule has 3 aliphatic heterocycles. The van der Waals surface area contributed by atoms with E-state index in [0.29, 0.717) is 18.5 Å². The van der Waals surface area contributed by atoms with Crippen molar-refractivity contribution in [1.82, 2.24) is 0 Å². The molecule has 0 spiro atoms. The summed E-state index contributed by atoms with van der Waals surface area (Å²) in [6.07, 6.45) is 0.0144. The zero-order valence-corrected chi connectivity index (χ0v) is 12.3. The van der Waals surface area contributed by atoms with Gasteiger partial charge >= 0.3 is 11.9 Å². The summed E-state index contributed by atoms with van der Waals surface area (Å²) >= 11 is 0.636. The van der Waals surface area contributed by atoms with Crippen LogP contribution >= 0.6 is 12.0 Å². The number of carbonyl (C=O) groups excluding carboxylic acids is 2. The third kappa shape index (κ3) is 2.53. The van der Waals surface area contributed by atoms with Gasteiger partial charge in [-0.3, -0.25) is 9.59 Å². The molecule has 0 aromatic heterocycles. The van der Waals surface area contributed by atoms with Crippen LogP contribution in [-0.2, 0) is 33.2 Å². The second-order valence-corrected chi connectivity index (χ2v) is 7.20. The monoisotopic (exact) mass is 320 g/mol. The second kappa shape index (κ2) is 5.40. The largest absolute Gasteiger partial charge is 0.464 e. The highest BCUT2D eigenvalue weighted by Gasteiger charge is 2.63. The van der Waals surface area contributed by atoms with E-state index in [1.54, 1.807) is 13.8 Å². The molecule has 1 N–H and O–H groups in total. The van der Waals surface area contributed by atoms with Crippen molar-refractivity contribution in [2.24, 2.45) is 11.8 Å². The molecule has 8 nitrogen and oxygen atoms in total. The summed E-state index contributed by atoms with van der Waals surface area (Å²) in [4.78, 5) is 23.6. The molecule has 0 aromatic rings. The van der Waals surface area contributed by atoms with E-state index in [1.807, 2.05) is 0 Å². The van der Waals surface area contributed by atoms with Gasteiger partial charge in [0.2, 0.25) is 0 Å². The third-order valence-corrected chi connectivity index (χ3v) is 4.88. The fourth-order valence-corrected chi connectivity index (χ4v) is 3.39. The van der Waals surface area contributed by atoms with Crippen LogP contribution in [0.1, 0.15) is 20.3 Å². The van der Waals surface area contributed by atoms with Crippen LogP contribution in [0.3, 0.4) is 0 Å². The summed E-state index contributed by atoms with van der Waals surface area (Å²) in [5.41, 5.74) is 0. The van der Waals surface area contributed by atoms with Gasteiger partial charge in [0.05, 0.1) is 30.0 Å². The topological polar surface area (TPSA) is 101 Å². The number of hydrogen-bond acceptors (Lipinski definition) is 9. The smallest absolute Gasteiger partial charge is 0.324 e. The molecule has 21 heavy (non-hydrogen) atoms. The standard InChI is InChI=1S/C12H16O8S/c1-12(2,21-20-19-15)11(14)16-4-6-7-3-5-8(17-7)9(6)18-10(5)13/h5-9,15H,3-4H2,1-2H3. The van der Waals surface area contributed by atoms with E-state index in [2.05, 4.69) is 9.37 Å². The Morgan fingerprint density at radius 2 is 2.24 bits per heavy atom. The Morgan fingerprint density at radius 1 is 1.48 bits per heavy atom. The SMILES string of the molecule is CC(C)(SOOO)C(=O)OCC1C2CC3C(=O)OC1C3O2. The van der Waals surface area contributed by atoms with Gasteiger partial charge in [0.1, 0.15) is 23.6 Å². The Balaban J connectivity index is 1.54. The summed E-state index contributed by atoms with van der Waals surface area (Å²) in [5.74, 6) is -1.02. The van der Waals surface area contributed by atoms with Gasteiger partial charge in [-0.05, 0) is 20.3 Å². The predicted octanol–water partition coefficient (Wildman–Crippen LogP) is 0.706. The van der Waals surface area contributed by atoms with Crippen LogP contribution < -0.4 is 0 Å². The van der Waals surface area contributed by atoms with Crippen molar-refractivity contribution in [2.75, 3.05) is 6.61 Å². The predicted molar refractivity (Wildman–Crippen MR) is 67.6 cm³/mol. The van der Waals surface area contributed by atoms with E-state index >= 15 is 0 Å². The lowest BCUT2D eigenvalue weighted by Gasteiger charge is -2.24. The Labute approximate surface area is 125 Å². The Hall–Kier alpha value is -0.870. The molecule has 0 aliphatic carbocycles. The Kier molecular flexibility index (Phi) is 3.87. The van der Waals surface area contributed by atoms with Crippen molar-refractivity contribution in [2.45, 2.75) is 43.3 Å². The molecule has 9 heteroatoms. The van der Waals surface area contributed by atoms with Crippen molar-refractivity contribution >= 4 is 24.0 Å². The number of hydrogen-bond donors (Lipinski definition) is 1. The minimum absolute atomic E-state index is 0.1000. The summed E-state index contributed by atoms with van der Waals surface area (Å²) in [5, 5.41) is 11.6. The highest BCUT2D eigenvalue weighted by Crippen LogP contribution is 2.49. The van der Waals surface area contributed by atoms with Gasteiger partial charge < -0.3 is 14.2 Å². The number of carbonyl (C=O) groups is 2. The first-order chi connectivity index (χ1) is 9.94. The van der Waals surface area contributed by atoms with Crippen LogP contribution in [0.2, 0.25) is 0 Å². The molecule has 0 amide bonds. The molecule has 3 saturated heterocycles. The Morgan fingerprint density at radius 3 is 2.95 bits per heavy atom. The van der Waals surface area contributed by atoms with Crippen LogP contribution in [0.4, 0.5) is 0 Å². The first-order valence-corrected chi connectivity index (χ1v) is 7.37. The highest BCUT2D eigenvalue weighted by molar-refractivity contribution is 7.96. The van der Waals surface area contributed by atoms with Gasteiger partial charge in [0.25, 0.3) is 0 Å². The van der Waals surface area contributed by atoms with E-state index in [4.69, 9.17) is 19.5 Å². The third-order valence-electron chi connectivity index (χ3n) is 4.16. The van der Waals surface area contributed by atoms with Crippen LogP contribution in [0.25, 0.3) is 0 Å². The maximum Gasteiger partial charge on any atom is 0.324 e. The van der Waals surface area contributed by atoms with E-state index in [9.17, 15) is 9.59 Å². The molecule has 2 bridgehead atoms. The number of fused-ring (bicyclic) bond motifs is 1. The highest BCUT2D eigenvalue weighted by atomic mass is 32.2. The fourth-order valence-electron chi connectivity index (χ4n) is 3.06. The fraction of sp³-hybridized carbons (Fsp3) is 0.833. The van der Waals surface area contributed by atoms with Crippen molar-refractivity contribution in [3.8, 4) is 0 Å². The number of rotatable bonds is 6. The molecular formula is C12H16O8S. The number of esters is 2. The van der Waals surface area contributed by atoms with Crippen LogP contribution in [0.15, 0.2) is 0 Å². The maximum absolute atomic E-state index is 12.0.